The molecule has 0 aliphatic heterocycles. The van der Waals surface area contributed by atoms with Crippen molar-refractivity contribution in [2.75, 3.05) is 0 Å². The Morgan fingerprint density at radius 2 is 1.97 bits per heavy atom. The van der Waals surface area contributed by atoms with Crippen LogP contribution in [0.25, 0.3) is 11.2 Å². The summed E-state index contributed by atoms with van der Waals surface area (Å²) in [4.78, 5) is 24.5. The van der Waals surface area contributed by atoms with E-state index in [4.69, 9.17) is 34.8 Å². The molecule has 150 valence electrons. The normalized spacial score (nSPS) is 12.6. The summed E-state index contributed by atoms with van der Waals surface area (Å²) in [6.07, 6.45) is 0.527. The van der Waals surface area contributed by atoms with Gasteiger partial charge in [-0.05, 0) is 31.2 Å². The summed E-state index contributed by atoms with van der Waals surface area (Å²) in [7, 11) is 0. The van der Waals surface area contributed by atoms with E-state index in [0.29, 0.717) is 50.0 Å². The lowest BCUT2D eigenvalue weighted by atomic mass is 10.1. The van der Waals surface area contributed by atoms with E-state index < -0.39 is 6.10 Å². The quantitative estimate of drug-likeness (QED) is 0.447. The van der Waals surface area contributed by atoms with Gasteiger partial charge in [-0.3, -0.25) is 9.13 Å². The number of benzene rings is 1. The lowest BCUT2D eigenvalue weighted by Gasteiger charge is -2.14. The van der Waals surface area contributed by atoms with Gasteiger partial charge in [-0.1, -0.05) is 40.9 Å². The minimum atomic E-state index is -1.08. The molecule has 3 aromatic heterocycles. The van der Waals surface area contributed by atoms with Crippen molar-refractivity contribution < 1.29 is 5.11 Å². The number of fused-ring (bicyclic) bond motifs is 1. The van der Waals surface area contributed by atoms with Crippen molar-refractivity contribution in [2.45, 2.75) is 26.1 Å². The molecule has 29 heavy (non-hydrogen) atoms. The maximum absolute atomic E-state index is 12.9. The van der Waals surface area contributed by atoms with Crippen molar-refractivity contribution in [2.24, 2.45) is 0 Å². The number of imidazole rings is 2. The summed E-state index contributed by atoms with van der Waals surface area (Å²) in [5.74, 6) is 0.552. The number of H-pyrrole nitrogens is 1. The third-order valence-electron chi connectivity index (χ3n) is 4.61. The molecule has 0 radical (unpaired) electrons. The molecule has 0 saturated heterocycles. The summed E-state index contributed by atoms with van der Waals surface area (Å²) in [5.41, 5.74) is 1.83. The second-order valence-corrected chi connectivity index (χ2v) is 7.69. The molecular formula is C19H16Cl3N5O2. The minimum Gasteiger partial charge on any atom is -0.382 e. The minimum absolute atomic E-state index is 0.188. The van der Waals surface area contributed by atoms with E-state index >= 15 is 0 Å². The average Bonchev–Trinajstić information content (AvgIpc) is 3.21. The van der Waals surface area contributed by atoms with Crippen LogP contribution < -0.4 is 5.69 Å². The van der Waals surface area contributed by atoms with Crippen LogP contribution in [0.5, 0.6) is 0 Å². The van der Waals surface area contributed by atoms with Gasteiger partial charge in [0.05, 0.1) is 12.2 Å². The van der Waals surface area contributed by atoms with Crippen LogP contribution in [0.2, 0.25) is 15.2 Å². The van der Waals surface area contributed by atoms with E-state index in [1.165, 1.54) is 9.13 Å². The van der Waals surface area contributed by atoms with Gasteiger partial charge in [0.25, 0.3) is 0 Å². The second kappa shape index (κ2) is 7.84. The third kappa shape index (κ3) is 3.79. The Morgan fingerprint density at radius 3 is 2.69 bits per heavy atom. The topological polar surface area (TPSA) is 88.7 Å². The summed E-state index contributed by atoms with van der Waals surface area (Å²) in [6, 6.07) is 8.25. The summed E-state index contributed by atoms with van der Waals surface area (Å²) < 4.78 is 2.97. The van der Waals surface area contributed by atoms with E-state index in [1.807, 2.05) is 6.92 Å². The number of aliphatic hydroxyl groups is 1. The average molecular weight is 453 g/mol. The van der Waals surface area contributed by atoms with Crippen molar-refractivity contribution in [3.05, 3.63) is 79.3 Å². The number of aromatic nitrogens is 5. The van der Waals surface area contributed by atoms with Crippen LogP contribution in [0.1, 0.15) is 30.1 Å². The van der Waals surface area contributed by atoms with E-state index in [-0.39, 0.29) is 12.2 Å². The number of aliphatic hydroxyl groups excluding tert-OH is 1. The van der Waals surface area contributed by atoms with E-state index in [2.05, 4.69) is 15.0 Å². The summed E-state index contributed by atoms with van der Waals surface area (Å²) in [6.45, 7) is 2.41. The predicted molar refractivity (Wildman–Crippen MR) is 113 cm³/mol. The molecule has 0 bridgehead atoms. The number of nitrogens with one attached hydrogen (secondary N) is 1. The Hall–Kier alpha value is -2.32. The van der Waals surface area contributed by atoms with Gasteiger partial charge in [0, 0.05) is 28.4 Å². The van der Waals surface area contributed by atoms with E-state index in [1.54, 1.807) is 36.5 Å². The van der Waals surface area contributed by atoms with Crippen LogP contribution in [0, 0.1) is 0 Å². The number of rotatable bonds is 5. The zero-order valence-corrected chi connectivity index (χ0v) is 17.5. The first kappa shape index (κ1) is 20.0. The van der Waals surface area contributed by atoms with Crippen molar-refractivity contribution in [3.8, 4) is 0 Å². The largest absolute Gasteiger partial charge is 0.382 e. The fourth-order valence-corrected chi connectivity index (χ4v) is 3.90. The molecule has 7 nitrogen and oxygen atoms in total. The number of halogens is 3. The molecule has 4 rings (SSSR count). The van der Waals surface area contributed by atoms with Crippen LogP contribution >= 0.6 is 34.8 Å². The molecular weight excluding hydrogens is 437 g/mol. The Labute approximate surface area is 180 Å². The lowest BCUT2D eigenvalue weighted by molar-refractivity contribution is 0.210. The number of pyridine rings is 1. The van der Waals surface area contributed by atoms with Crippen LogP contribution in [0.15, 0.2) is 41.3 Å². The fraction of sp³-hybridized carbons (Fsp3) is 0.211. The molecule has 1 unspecified atom stereocenters. The highest BCUT2D eigenvalue weighted by Gasteiger charge is 2.22. The Kier molecular flexibility index (Phi) is 5.40. The molecule has 0 saturated carbocycles. The van der Waals surface area contributed by atoms with Crippen molar-refractivity contribution in [1.29, 1.82) is 0 Å². The second-order valence-electron chi connectivity index (χ2n) is 6.46. The summed E-state index contributed by atoms with van der Waals surface area (Å²) in [5, 5.41) is 12.0. The van der Waals surface area contributed by atoms with Gasteiger partial charge in [0.15, 0.2) is 5.65 Å². The molecule has 3 heterocycles. The van der Waals surface area contributed by atoms with Gasteiger partial charge in [-0.25, -0.2) is 14.8 Å². The molecule has 2 N–H and O–H groups in total. The number of hydrogen-bond donors (Lipinski definition) is 2. The molecule has 0 amide bonds. The molecule has 1 atom stereocenters. The van der Waals surface area contributed by atoms with Crippen molar-refractivity contribution >= 4 is 46.0 Å². The highest BCUT2D eigenvalue weighted by molar-refractivity contribution is 6.35. The molecule has 1 aromatic carbocycles. The van der Waals surface area contributed by atoms with Gasteiger partial charge in [0.2, 0.25) is 0 Å². The monoisotopic (exact) mass is 451 g/mol. The predicted octanol–water partition coefficient (Wildman–Crippen LogP) is 4.03. The van der Waals surface area contributed by atoms with Crippen LogP contribution in [-0.2, 0) is 13.1 Å². The van der Waals surface area contributed by atoms with Gasteiger partial charge in [-0.2, -0.15) is 0 Å². The van der Waals surface area contributed by atoms with Crippen molar-refractivity contribution in [3.63, 3.8) is 0 Å². The third-order valence-corrected chi connectivity index (χ3v) is 5.38. The van der Waals surface area contributed by atoms with Gasteiger partial charge in [0.1, 0.15) is 22.6 Å². The Balaban J connectivity index is 1.72. The SMILES string of the molecule is CCn1c(C(O)c2ccc(Cl)cc2Cl)cn(Cc2nc3ccc(Cl)nc3[nH]2)c1=O. The first-order valence-electron chi connectivity index (χ1n) is 8.81. The first-order chi connectivity index (χ1) is 13.9. The van der Waals surface area contributed by atoms with E-state index in [0.717, 1.165) is 0 Å². The zero-order chi connectivity index (χ0) is 20.7. The highest BCUT2D eigenvalue weighted by atomic mass is 35.5. The molecule has 0 aliphatic rings. The Morgan fingerprint density at radius 1 is 1.17 bits per heavy atom. The van der Waals surface area contributed by atoms with Gasteiger partial charge >= 0.3 is 5.69 Å². The zero-order valence-electron chi connectivity index (χ0n) is 15.2. The maximum Gasteiger partial charge on any atom is 0.328 e. The van der Waals surface area contributed by atoms with Gasteiger partial charge in [-0.15, -0.1) is 0 Å². The van der Waals surface area contributed by atoms with Gasteiger partial charge < -0.3 is 10.1 Å². The molecule has 4 aromatic rings. The Bertz CT molecular complexity index is 1260. The number of nitrogens with zero attached hydrogens (tertiary/aromatic N) is 4. The number of hydrogen-bond acceptors (Lipinski definition) is 4. The molecule has 10 heteroatoms. The van der Waals surface area contributed by atoms with E-state index in [9.17, 15) is 9.90 Å². The number of aromatic amines is 1. The van der Waals surface area contributed by atoms with Crippen LogP contribution in [-0.4, -0.2) is 29.2 Å². The standard InChI is InChI=1S/C19H16Cl3N5O2/c1-2-27-14(17(28)11-4-3-10(20)7-12(11)21)8-26(19(27)29)9-16-23-13-5-6-15(22)24-18(13)25-16/h3-8,17,28H,2,9H2,1H3,(H,23,24,25). The summed E-state index contributed by atoms with van der Waals surface area (Å²) >= 11 is 18.1. The first-order valence-corrected chi connectivity index (χ1v) is 9.94. The molecule has 0 aliphatic carbocycles. The van der Waals surface area contributed by atoms with Crippen LogP contribution in [0.4, 0.5) is 0 Å². The molecule has 0 spiro atoms. The van der Waals surface area contributed by atoms with Crippen LogP contribution in [0.3, 0.4) is 0 Å². The fourth-order valence-electron chi connectivity index (χ4n) is 3.24. The van der Waals surface area contributed by atoms with Crippen molar-refractivity contribution in [1.82, 2.24) is 24.1 Å². The molecule has 0 fully saturated rings. The highest BCUT2D eigenvalue weighted by Crippen LogP contribution is 2.30. The maximum atomic E-state index is 12.9. The smallest absolute Gasteiger partial charge is 0.328 e. The lowest BCUT2D eigenvalue weighted by Crippen LogP contribution is -2.25.